The molecule has 1 saturated carbocycles. The van der Waals surface area contributed by atoms with Gasteiger partial charge in [-0.15, -0.1) is 11.6 Å². The maximum Gasteiger partial charge on any atom is 0.157 e. The Bertz CT molecular complexity index is 335. The van der Waals surface area contributed by atoms with Gasteiger partial charge >= 0.3 is 0 Å². The van der Waals surface area contributed by atoms with E-state index in [9.17, 15) is 0 Å². The lowest BCUT2D eigenvalue weighted by Gasteiger charge is -2.48. The molecule has 2 unspecified atom stereocenters. The highest BCUT2D eigenvalue weighted by Crippen LogP contribution is 2.46. The normalized spacial score (nSPS) is 29.7. The van der Waals surface area contributed by atoms with Crippen molar-refractivity contribution in [3.63, 3.8) is 0 Å². The molecular formula is C10H15ClN2O. The topological polar surface area (TPSA) is 27.1 Å². The molecule has 0 aromatic carbocycles. The van der Waals surface area contributed by atoms with Gasteiger partial charge in [-0.25, -0.2) is 0 Å². The van der Waals surface area contributed by atoms with E-state index in [4.69, 9.17) is 16.3 Å². The Kier molecular flexibility index (Phi) is 2.22. The molecule has 1 fully saturated rings. The number of rotatable bonds is 2. The van der Waals surface area contributed by atoms with Crippen molar-refractivity contribution in [1.82, 2.24) is 9.78 Å². The first-order valence-electron chi connectivity index (χ1n) is 4.79. The van der Waals surface area contributed by atoms with Crippen LogP contribution in [0.25, 0.3) is 0 Å². The largest absolute Gasteiger partial charge is 0.486 e. The van der Waals surface area contributed by atoms with E-state index in [1.54, 1.807) is 10.9 Å². The minimum atomic E-state index is 0.0669. The van der Waals surface area contributed by atoms with Crippen molar-refractivity contribution in [3.8, 4) is 5.75 Å². The quantitative estimate of drug-likeness (QED) is 0.706. The summed E-state index contributed by atoms with van der Waals surface area (Å²) in [7, 11) is 1.88. The van der Waals surface area contributed by atoms with Gasteiger partial charge in [0.25, 0.3) is 0 Å². The highest BCUT2D eigenvalue weighted by Gasteiger charge is 2.49. The Morgan fingerprint density at radius 3 is 2.79 bits per heavy atom. The number of hydrogen-bond acceptors (Lipinski definition) is 2. The molecule has 0 aliphatic heterocycles. The second kappa shape index (κ2) is 3.16. The fourth-order valence-corrected chi connectivity index (χ4v) is 1.96. The molecule has 0 amide bonds. The van der Waals surface area contributed by atoms with Crippen molar-refractivity contribution >= 4 is 11.6 Å². The third-order valence-corrected chi connectivity index (χ3v) is 3.76. The van der Waals surface area contributed by atoms with Gasteiger partial charge in [0.2, 0.25) is 0 Å². The maximum atomic E-state index is 6.11. The summed E-state index contributed by atoms with van der Waals surface area (Å²) >= 11 is 6.11. The number of aromatic nitrogens is 2. The van der Waals surface area contributed by atoms with Gasteiger partial charge in [0.05, 0.1) is 12.4 Å². The Balaban J connectivity index is 2.00. The van der Waals surface area contributed by atoms with Crippen molar-refractivity contribution in [3.05, 3.63) is 12.4 Å². The van der Waals surface area contributed by atoms with Crippen molar-refractivity contribution in [2.75, 3.05) is 0 Å². The summed E-state index contributed by atoms with van der Waals surface area (Å²) in [4.78, 5) is 0. The highest BCUT2D eigenvalue weighted by atomic mass is 35.5. The van der Waals surface area contributed by atoms with Gasteiger partial charge in [-0.1, -0.05) is 13.8 Å². The van der Waals surface area contributed by atoms with E-state index in [2.05, 4.69) is 18.9 Å². The average molecular weight is 215 g/mol. The van der Waals surface area contributed by atoms with Crippen LogP contribution in [-0.2, 0) is 7.05 Å². The summed E-state index contributed by atoms with van der Waals surface area (Å²) in [6.45, 7) is 4.27. The molecule has 0 saturated heterocycles. The summed E-state index contributed by atoms with van der Waals surface area (Å²) < 4.78 is 7.52. The van der Waals surface area contributed by atoms with Gasteiger partial charge in [-0.05, 0) is 0 Å². The molecule has 2 rings (SSSR count). The molecule has 1 aromatic heterocycles. The van der Waals surface area contributed by atoms with Gasteiger partial charge in [0.15, 0.2) is 5.75 Å². The summed E-state index contributed by atoms with van der Waals surface area (Å²) in [5, 5.41) is 4.28. The van der Waals surface area contributed by atoms with Crippen LogP contribution >= 0.6 is 11.6 Å². The minimum absolute atomic E-state index is 0.0669. The standard InChI is InChI=1S/C10H15ClN2O/c1-10(2)8(11)4-9(10)14-7-5-12-13(3)6-7/h5-6,8-9H,4H2,1-3H3. The molecule has 78 valence electrons. The number of aryl methyl sites for hydroxylation is 1. The van der Waals surface area contributed by atoms with E-state index in [0.29, 0.717) is 0 Å². The highest BCUT2D eigenvalue weighted by molar-refractivity contribution is 6.21. The zero-order chi connectivity index (χ0) is 10.3. The van der Waals surface area contributed by atoms with Gasteiger partial charge in [-0.3, -0.25) is 4.68 Å². The predicted octanol–water partition coefficient (Wildman–Crippen LogP) is 2.20. The molecule has 0 bridgehead atoms. The lowest BCUT2D eigenvalue weighted by molar-refractivity contribution is -0.0130. The number of halogens is 1. The van der Waals surface area contributed by atoms with E-state index in [-0.39, 0.29) is 16.9 Å². The smallest absolute Gasteiger partial charge is 0.157 e. The summed E-state index contributed by atoms with van der Waals surface area (Å²) in [6.07, 6.45) is 4.74. The SMILES string of the molecule is Cn1cc(OC2CC(Cl)C2(C)C)cn1. The van der Waals surface area contributed by atoms with Crippen LogP contribution in [0.5, 0.6) is 5.75 Å². The molecule has 1 heterocycles. The lowest BCUT2D eigenvalue weighted by Crippen LogP contribution is -2.53. The average Bonchev–Trinajstić information content (AvgIpc) is 2.51. The van der Waals surface area contributed by atoms with Crippen LogP contribution in [0, 0.1) is 5.41 Å². The third-order valence-electron chi connectivity index (χ3n) is 3.02. The molecule has 14 heavy (non-hydrogen) atoms. The number of hydrogen-bond donors (Lipinski definition) is 0. The van der Waals surface area contributed by atoms with Crippen LogP contribution in [0.2, 0.25) is 0 Å². The Hall–Kier alpha value is -0.700. The van der Waals surface area contributed by atoms with E-state index < -0.39 is 0 Å². The molecule has 1 aliphatic rings. The molecule has 2 atom stereocenters. The van der Waals surface area contributed by atoms with Gasteiger partial charge in [0, 0.05) is 24.3 Å². The van der Waals surface area contributed by atoms with Crippen LogP contribution in [0.3, 0.4) is 0 Å². The van der Waals surface area contributed by atoms with Crippen LogP contribution in [0.15, 0.2) is 12.4 Å². The third kappa shape index (κ3) is 1.50. The molecule has 0 N–H and O–H groups in total. The predicted molar refractivity (Wildman–Crippen MR) is 55.7 cm³/mol. The van der Waals surface area contributed by atoms with Crippen LogP contribution in [0.4, 0.5) is 0 Å². The van der Waals surface area contributed by atoms with Crippen LogP contribution in [0.1, 0.15) is 20.3 Å². The van der Waals surface area contributed by atoms with Gasteiger partial charge in [-0.2, -0.15) is 5.10 Å². The summed E-state index contributed by atoms with van der Waals surface area (Å²) in [6, 6.07) is 0. The van der Waals surface area contributed by atoms with Crippen LogP contribution < -0.4 is 4.74 Å². The molecule has 4 heteroatoms. The molecule has 1 aromatic rings. The van der Waals surface area contributed by atoms with Crippen molar-refractivity contribution < 1.29 is 4.74 Å². The second-order valence-electron chi connectivity index (χ2n) is 4.48. The number of ether oxygens (including phenoxy) is 1. The van der Waals surface area contributed by atoms with E-state index in [0.717, 1.165) is 12.2 Å². The Morgan fingerprint density at radius 2 is 2.36 bits per heavy atom. The first kappa shape index (κ1) is 9.84. The zero-order valence-corrected chi connectivity index (χ0v) is 9.45. The monoisotopic (exact) mass is 214 g/mol. The number of alkyl halides is 1. The maximum absolute atomic E-state index is 6.11. The molecule has 0 spiro atoms. The van der Waals surface area contributed by atoms with E-state index >= 15 is 0 Å². The van der Waals surface area contributed by atoms with Crippen molar-refractivity contribution in [1.29, 1.82) is 0 Å². The van der Waals surface area contributed by atoms with Crippen LogP contribution in [-0.4, -0.2) is 21.3 Å². The zero-order valence-electron chi connectivity index (χ0n) is 8.70. The van der Waals surface area contributed by atoms with Gasteiger partial charge in [0.1, 0.15) is 6.10 Å². The van der Waals surface area contributed by atoms with E-state index in [1.807, 2.05) is 13.2 Å². The lowest BCUT2D eigenvalue weighted by atomic mass is 9.68. The second-order valence-corrected chi connectivity index (χ2v) is 5.01. The van der Waals surface area contributed by atoms with Crippen molar-refractivity contribution in [2.24, 2.45) is 12.5 Å². The summed E-state index contributed by atoms with van der Waals surface area (Å²) in [5.41, 5.74) is 0.0669. The first-order chi connectivity index (χ1) is 6.50. The number of nitrogens with zero attached hydrogens (tertiary/aromatic N) is 2. The fourth-order valence-electron chi connectivity index (χ4n) is 1.66. The van der Waals surface area contributed by atoms with Crippen molar-refractivity contribution in [2.45, 2.75) is 31.7 Å². The molecule has 0 radical (unpaired) electrons. The molecule has 1 aliphatic carbocycles. The minimum Gasteiger partial charge on any atom is -0.486 e. The molecule has 3 nitrogen and oxygen atoms in total. The molecular weight excluding hydrogens is 200 g/mol. The summed E-state index contributed by atoms with van der Waals surface area (Å²) in [5.74, 6) is 0.828. The first-order valence-corrected chi connectivity index (χ1v) is 5.23. The van der Waals surface area contributed by atoms with Gasteiger partial charge < -0.3 is 4.74 Å². The van der Waals surface area contributed by atoms with E-state index in [1.165, 1.54) is 0 Å². The Morgan fingerprint density at radius 1 is 1.64 bits per heavy atom. The Labute approximate surface area is 89.0 Å². The fraction of sp³-hybridized carbons (Fsp3) is 0.700.